The number of amides is 1. The summed E-state index contributed by atoms with van der Waals surface area (Å²) >= 11 is 0. The van der Waals surface area contributed by atoms with Gasteiger partial charge in [0.05, 0.1) is 0 Å². The Morgan fingerprint density at radius 2 is 1.86 bits per heavy atom. The molecule has 1 aliphatic heterocycles. The molecule has 0 saturated carbocycles. The van der Waals surface area contributed by atoms with Gasteiger partial charge in [-0.15, -0.1) is 5.10 Å². The predicted molar refractivity (Wildman–Crippen MR) is 104 cm³/mol. The molecule has 154 valence electrons. The number of aromatic nitrogens is 1. The summed E-state index contributed by atoms with van der Waals surface area (Å²) in [5.41, 5.74) is 3.86. The quantitative estimate of drug-likeness (QED) is 0.776. The third kappa shape index (κ3) is 3.98. The first kappa shape index (κ1) is 20.9. The van der Waals surface area contributed by atoms with Crippen molar-refractivity contribution in [3.63, 3.8) is 0 Å². The SMILES string of the molecule is CC(C)(C)C(=O)N1N=C(c2nc(F)ccc2F)OC1(CCCN)c1ccccc1. The monoisotopic (exact) mass is 402 g/mol. The van der Waals surface area contributed by atoms with Gasteiger partial charge in [0.2, 0.25) is 11.7 Å². The topological polar surface area (TPSA) is 80.8 Å². The summed E-state index contributed by atoms with van der Waals surface area (Å²) in [4.78, 5) is 16.9. The number of rotatable bonds is 5. The molecule has 1 aliphatic rings. The maximum atomic E-state index is 14.4. The van der Waals surface area contributed by atoms with E-state index in [-0.39, 0.29) is 17.5 Å². The molecule has 0 radical (unpaired) electrons. The van der Waals surface area contributed by atoms with Gasteiger partial charge in [-0.2, -0.15) is 9.40 Å². The molecule has 0 spiro atoms. The molecule has 1 atom stereocenters. The molecular formula is C21H24F2N4O2. The molecular weight excluding hydrogens is 378 g/mol. The van der Waals surface area contributed by atoms with Gasteiger partial charge in [0.1, 0.15) is 0 Å². The van der Waals surface area contributed by atoms with Gasteiger partial charge in [0.25, 0.3) is 11.8 Å². The van der Waals surface area contributed by atoms with Gasteiger partial charge in [-0.3, -0.25) is 4.79 Å². The Labute approximate surface area is 168 Å². The summed E-state index contributed by atoms with van der Waals surface area (Å²) in [6, 6.07) is 10.9. The van der Waals surface area contributed by atoms with Crippen LogP contribution in [0.15, 0.2) is 47.6 Å². The van der Waals surface area contributed by atoms with Crippen LogP contribution < -0.4 is 5.73 Å². The van der Waals surface area contributed by atoms with E-state index in [1.165, 1.54) is 5.01 Å². The summed E-state index contributed by atoms with van der Waals surface area (Å²) in [7, 11) is 0. The number of hydrogen-bond acceptors (Lipinski definition) is 5. The average molecular weight is 402 g/mol. The van der Waals surface area contributed by atoms with E-state index >= 15 is 0 Å². The van der Waals surface area contributed by atoms with E-state index in [1.54, 1.807) is 32.9 Å². The van der Waals surface area contributed by atoms with Crippen LogP contribution in [0.2, 0.25) is 0 Å². The Morgan fingerprint density at radius 1 is 1.17 bits per heavy atom. The third-order valence-corrected chi connectivity index (χ3v) is 4.59. The number of benzene rings is 1. The van der Waals surface area contributed by atoms with E-state index < -0.39 is 22.9 Å². The summed E-state index contributed by atoms with van der Waals surface area (Å²) in [6.07, 6.45) is 0.837. The molecule has 2 heterocycles. The highest BCUT2D eigenvalue weighted by Crippen LogP contribution is 2.42. The Balaban J connectivity index is 2.18. The second-order valence-electron chi connectivity index (χ2n) is 7.88. The summed E-state index contributed by atoms with van der Waals surface area (Å²) in [5.74, 6) is -2.25. The molecule has 8 heteroatoms. The number of ether oxygens (including phenoxy) is 1. The number of carbonyl (C=O) groups is 1. The minimum Gasteiger partial charge on any atom is -0.442 e. The lowest BCUT2D eigenvalue weighted by molar-refractivity contribution is -0.161. The first-order valence-corrected chi connectivity index (χ1v) is 9.39. The van der Waals surface area contributed by atoms with E-state index in [0.717, 1.165) is 12.1 Å². The average Bonchev–Trinajstić information content (AvgIpc) is 3.08. The van der Waals surface area contributed by atoms with Gasteiger partial charge in [-0.05, 0) is 25.1 Å². The van der Waals surface area contributed by atoms with Gasteiger partial charge in [-0.1, -0.05) is 51.1 Å². The van der Waals surface area contributed by atoms with Crippen LogP contribution in [0.4, 0.5) is 8.78 Å². The Morgan fingerprint density at radius 3 is 2.48 bits per heavy atom. The molecule has 1 unspecified atom stereocenters. The third-order valence-electron chi connectivity index (χ3n) is 4.59. The van der Waals surface area contributed by atoms with Crippen LogP contribution in [-0.4, -0.2) is 28.3 Å². The summed E-state index contributed by atoms with van der Waals surface area (Å²) in [6.45, 7) is 5.62. The van der Waals surface area contributed by atoms with Crippen LogP contribution in [0.1, 0.15) is 44.9 Å². The number of hydrazone groups is 1. The number of halogens is 2. The fourth-order valence-corrected chi connectivity index (χ4v) is 3.11. The smallest absolute Gasteiger partial charge is 0.263 e. The van der Waals surface area contributed by atoms with Crippen LogP contribution in [-0.2, 0) is 15.3 Å². The summed E-state index contributed by atoms with van der Waals surface area (Å²) in [5, 5.41) is 5.50. The molecule has 0 saturated heterocycles. The standard InChI is InChI=1S/C21H24F2N4O2/c1-20(2,3)19(28)27-21(12-7-13-24,14-8-5-4-6-9-14)29-18(26-27)17-15(22)10-11-16(23)25-17/h4-6,8-11H,7,12-13,24H2,1-3H3. The van der Waals surface area contributed by atoms with Crippen molar-refractivity contribution in [1.29, 1.82) is 0 Å². The van der Waals surface area contributed by atoms with Crippen LogP contribution >= 0.6 is 0 Å². The molecule has 1 amide bonds. The van der Waals surface area contributed by atoms with Crippen molar-refractivity contribution in [2.24, 2.45) is 16.3 Å². The predicted octanol–water partition coefficient (Wildman–Crippen LogP) is 3.52. The van der Waals surface area contributed by atoms with Crippen molar-refractivity contribution in [2.75, 3.05) is 6.54 Å². The Kier molecular flexibility index (Phi) is 5.66. The second-order valence-corrected chi connectivity index (χ2v) is 7.88. The molecule has 0 aliphatic carbocycles. The minimum absolute atomic E-state index is 0.250. The van der Waals surface area contributed by atoms with E-state index in [2.05, 4.69) is 10.1 Å². The van der Waals surface area contributed by atoms with Crippen molar-refractivity contribution in [2.45, 2.75) is 39.3 Å². The lowest BCUT2D eigenvalue weighted by Gasteiger charge is -2.37. The van der Waals surface area contributed by atoms with Crippen LogP contribution in [0.5, 0.6) is 0 Å². The van der Waals surface area contributed by atoms with Crippen molar-refractivity contribution >= 4 is 11.8 Å². The maximum absolute atomic E-state index is 14.4. The largest absolute Gasteiger partial charge is 0.442 e. The van der Waals surface area contributed by atoms with E-state index in [4.69, 9.17) is 10.5 Å². The first-order chi connectivity index (χ1) is 13.7. The minimum atomic E-state index is -1.33. The Hall–Kier alpha value is -2.87. The van der Waals surface area contributed by atoms with E-state index in [1.807, 2.05) is 18.2 Å². The zero-order valence-corrected chi connectivity index (χ0v) is 16.7. The molecule has 2 N–H and O–H groups in total. The Bertz CT molecular complexity index is 928. The highest BCUT2D eigenvalue weighted by atomic mass is 19.1. The van der Waals surface area contributed by atoms with Crippen LogP contribution in [0, 0.1) is 17.2 Å². The zero-order valence-electron chi connectivity index (χ0n) is 16.7. The zero-order chi connectivity index (χ0) is 21.2. The number of hydrogen-bond donors (Lipinski definition) is 1. The normalized spacial score (nSPS) is 19.1. The number of carbonyl (C=O) groups excluding carboxylic acids is 1. The van der Waals surface area contributed by atoms with Crippen molar-refractivity contribution in [3.8, 4) is 0 Å². The van der Waals surface area contributed by atoms with Crippen molar-refractivity contribution < 1.29 is 18.3 Å². The van der Waals surface area contributed by atoms with E-state index in [0.29, 0.717) is 24.9 Å². The molecule has 6 nitrogen and oxygen atoms in total. The van der Waals surface area contributed by atoms with Gasteiger partial charge < -0.3 is 10.5 Å². The van der Waals surface area contributed by atoms with E-state index in [9.17, 15) is 13.6 Å². The van der Waals surface area contributed by atoms with Crippen LogP contribution in [0.25, 0.3) is 0 Å². The molecule has 0 bridgehead atoms. The van der Waals surface area contributed by atoms with Crippen LogP contribution in [0.3, 0.4) is 0 Å². The molecule has 3 rings (SSSR count). The highest BCUT2D eigenvalue weighted by Gasteiger charge is 2.52. The lowest BCUT2D eigenvalue weighted by atomic mass is 9.91. The highest BCUT2D eigenvalue weighted by molar-refractivity contribution is 5.96. The molecule has 2 aromatic rings. The number of nitrogens with two attached hydrogens (primary N) is 1. The van der Waals surface area contributed by atoms with Crippen molar-refractivity contribution in [1.82, 2.24) is 9.99 Å². The van der Waals surface area contributed by atoms with Gasteiger partial charge in [0, 0.05) is 17.4 Å². The lowest BCUT2D eigenvalue weighted by Crippen LogP contribution is -2.49. The maximum Gasteiger partial charge on any atom is 0.263 e. The summed E-state index contributed by atoms with van der Waals surface area (Å²) < 4.78 is 34.2. The van der Waals surface area contributed by atoms with Crippen molar-refractivity contribution in [3.05, 3.63) is 65.5 Å². The second kappa shape index (κ2) is 7.87. The molecule has 1 aromatic heterocycles. The fourth-order valence-electron chi connectivity index (χ4n) is 3.11. The van der Waals surface area contributed by atoms with Gasteiger partial charge in [-0.25, -0.2) is 9.37 Å². The van der Waals surface area contributed by atoms with Gasteiger partial charge in [0.15, 0.2) is 11.5 Å². The number of nitrogens with zero attached hydrogens (tertiary/aromatic N) is 3. The fraction of sp³-hybridized carbons (Fsp3) is 0.381. The molecule has 0 fully saturated rings. The number of pyridine rings is 1. The first-order valence-electron chi connectivity index (χ1n) is 9.39. The molecule has 29 heavy (non-hydrogen) atoms. The molecule has 1 aromatic carbocycles. The van der Waals surface area contributed by atoms with Gasteiger partial charge >= 0.3 is 0 Å².